The van der Waals surface area contributed by atoms with Gasteiger partial charge in [0.05, 0.1) is 0 Å². The molecule has 14 heteroatoms. The number of phosphoric acid groups is 1. The Labute approximate surface area is 159 Å². The predicted octanol–water partition coefficient (Wildman–Crippen LogP) is -0.821. The van der Waals surface area contributed by atoms with Crippen LogP contribution in [0.15, 0.2) is 0 Å². The summed E-state index contributed by atoms with van der Waals surface area (Å²) >= 11 is 0. The highest BCUT2D eigenvalue weighted by Gasteiger charge is 2.54. The van der Waals surface area contributed by atoms with Crippen molar-refractivity contribution in [1.82, 2.24) is 0 Å². The lowest BCUT2D eigenvalue weighted by molar-refractivity contribution is -0.291. The molecule has 0 aromatic rings. The van der Waals surface area contributed by atoms with Gasteiger partial charge >= 0.3 is 31.7 Å². The molecule has 0 radical (unpaired) electrons. The number of ether oxygens (including phenoxy) is 5. The maximum absolute atomic E-state index is 11.5. The molecule has 1 heterocycles. The molecule has 0 unspecified atom stereocenters. The van der Waals surface area contributed by atoms with Crippen molar-refractivity contribution in [3.8, 4) is 0 Å². The average Bonchev–Trinajstić information content (AvgIpc) is 2.48. The van der Waals surface area contributed by atoms with Crippen molar-refractivity contribution >= 4 is 31.7 Å². The van der Waals surface area contributed by atoms with Gasteiger partial charge in [-0.3, -0.25) is 23.7 Å². The Morgan fingerprint density at radius 1 is 0.821 bits per heavy atom. The van der Waals surface area contributed by atoms with E-state index >= 15 is 0 Å². The summed E-state index contributed by atoms with van der Waals surface area (Å²) in [6.07, 6.45) is -8.01. The van der Waals surface area contributed by atoms with Gasteiger partial charge in [0.15, 0.2) is 18.3 Å². The lowest BCUT2D eigenvalue weighted by Gasteiger charge is -2.43. The van der Waals surface area contributed by atoms with Crippen molar-refractivity contribution in [1.29, 1.82) is 0 Å². The van der Waals surface area contributed by atoms with Gasteiger partial charge in [-0.2, -0.15) is 0 Å². The van der Waals surface area contributed by atoms with Crippen molar-refractivity contribution < 1.29 is 61.7 Å². The van der Waals surface area contributed by atoms with Crippen molar-refractivity contribution in [2.24, 2.45) is 0 Å². The largest absolute Gasteiger partial charge is 0.472 e. The molecule has 0 aliphatic carbocycles. The molecular weight excluding hydrogens is 407 g/mol. The highest BCUT2D eigenvalue weighted by molar-refractivity contribution is 7.46. The molecule has 1 aliphatic heterocycles. The molecule has 0 bridgehead atoms. The molecule has 0 spiro atoms. The summed E-state index contributed by atoms with van der Waals surface area (Å²) in [5, 5.41) is 0. The van der Waals surface area contributed by atoms with Gasteiger partial charge in [0, 0.05) is 27.7 Å². The fourth-order valence-electron chi connectivity index (χ4n) is 2.41. The van der Waals surface area contributed by atoms with Crippen LogP contribution in [0.3, 0.4) is 0 Å². The number of rotatable bonds is 7. The molecule has 1 aliphatic rings. The molecule has 1 fully saturated rings. The van der Waals surface area contributed by atoms with Crippen LogP contribution in [0.2, 0.25) is 0 Å². The van der Waals surface area contributed by atoms with E-state index in [0.29, 0.717) is 0 Å². The highest BCUT2D eigenvalue weighted by Crippen LogP contribution is 2.42. The van der Waals surface area contributed by atoms with Gasteiger partial charge in [-0.15, -0.1) is 0 Å². The molecule has 0 saturated carbocycles. The third kappa shape index (κ3) is 7.90. The average molecular weight is 428 g/mol. The number of phosphoric ester groups is 1. The first kappa shape index (κ1) is 24.0. The lowest BCUT2D eigenvalue weighted by Crippen LogP contribution is -2.62. The summed E-state index contributed by atoms with van der Waals surface area (Å²) in [5.74, 6) is -3.38. The number of hydrogen-bond acceptors (Lipinski definition) is 11. The number of carbonyl (C=O) groups excluding carboxylic acids is 4. The molecule has 0 aromatic heterocycles. The van der Waals surface area contributed by atoms with E-state index in [2.05, 4.69) is 4.52 Å². The van der Waals surface area contributed by atoms with Crippen molar-refractivity contribution in [3.05, 3.63) is 0 Å². The van der Waals surface area contributed by atoms with Gasteiger partial charge in [0.2, 0.25) is 6.29 Å². The van der Waals surface area contributed by atoms with E-state index in [1.807, 2.05) is 0 Å². The minimum absolute atomic E-state index is 0.543. The highest BCUT2D eigenvalue weighted by atomic mass is 31.2. The number of hydrogen-bond donors (Lipinski definition) is 2. The van der Waals surface area contributed by atoms with Crippen molar-refractivity contribution in [3.63, 3.8) is 0 Å². The maximum atomic E-state index is 11.5. The van der Waals surface area contributed by atoms with E-state index in [1.165, 1.54) is 0 Å². The summed E-state index contributed by atoms with van der Waals surface area (Å²) in [5.41, 5.74) is 0. The zero-order valence-corrected chi connectivity index (χ0v) is 16.3. The van der Waals surface area contributed by atoms with Crippen LogP contribution in [-0.2, 0) is 52.0 Å². The Balaban J connectivity index is 3.34. The minimum Gasteiger partial charge on any atom is -0.463 e. The molecule has 0 aromatic carbocycles. The summed E-state index contributed by atoms with van der Waals surface area (Å²) in [4.78, 5) is 63.7. The smallest absolute Gasteiger partial charge is 0.463 e. The first-order chi connectivity index (χ1) is 12.8. The molecule has 5 atom stereocenters. The standard InChI is InChI=1S/C14H21O13P/c1-6(15)22-5-10-11(23-7(2)16)12(24-8(3)17)13(25-9(4)18)14(26-10)27-28(19,20)21/h10-14H,5H2,1-4H3,(H2,19,20,21)/t10-,11+,12+,13+,14-/m1/s1. The molecule has 0 amide bonds. The number of carbonyl (C=O) groups is 4. The Kier molecular flexibility index (Phi) is 8.51. The van der Waals surface area contributed by atoms with Crippen LogP contribution in [0.5, 0.6) is 0 Å². The zero-order chi connectivity index (χ0) is 21.6. The van der Waals surface area contributed by atoms with E-state index in [9.17, 15) is 23.7 Å². The Hall–Kier alpha value is -2.05. The summed E-state index contributed by atoms with van der Waals surface area (Å²) < 4.78 is 40.9. The van der Waals surface area contributed by atoms with E-state index in [4.69, 9.17) is 33.5 Å². The van der Waals surface area contributed by atoms with Crippen LogP contribution in [0.25, 0.3) is 0 Å². The fourth-order valence-corrected chi connectivity index (χ4v) is 2.85. The summed E-state index contributed by atoms with van der Waals surface area (Å²) in [6, 6.07) is 0. The van der Waals surface area contributed by atoms with Gasteiger partial charge in [-0.05, 0) is 0 Å². The van der Waals surface area contributed by atoms with Crippen LogP contribution in [0.4, 0.5) is 0 Å². The quantitative estimate of drug-likeness (QED) is 0.292. The van der Waals surface area contributed by atoms with Crippen LogP contribution in [-0.4, -0.2) is 71.0 Å². The van der Waals surface area contributed by atoms with Gasteiger partial charge < -0.3 is 33.5 Å². The van der Waals surface area contributed by atoms with Crippen molar-refractivity contribution in [2.45, 2.75) is 58.4 Å². The molecule has 160 valence electrons. The first-order valence-corrected chi connectivity index (χ1v) is 9.37. The van der Waals surface area contributed by atoms with E-state index < -0.39 is 69.0 Å². The molecule has 13 nitrogen and oxygen atoms in total. The van der Waals surface area contributed by atoms with Crippen LogP contribution < -0.4 is 0 Å². The van der Waals surface area contributed by atoms with E-state index in [1.54, 1.807) is 0 Å². The summed E-state index contributed by atoms with van der Waals surface area (Å²) in [6.45, 7) is 3.56. The second-order valence-electron chi connectivity index (χ2n) is 5.66. The van der Waals surface area contributed by atoms with Gasteiger partial charge in [-0.25, -0.2) is 4.57 Å². The predicted molar refractivity (Wildman–Crippen MR) is 85.1 cm³/mol. The lowest BCUT2D eigenvalue weighted by atomic mass is 9.98. The van der Waals surface area contributed by atoms with Crippen LogP contribution in [0, 0.1) is 0 Å². The van der Waals surface area contributed by atoms with Gasteiger partial charge in [0.25, 0.3) is 0 Å². The zero-order valence-electron chi connectivity index (χ0n) is 15.4. The maximum Gasteiger partial charge on any atom is 0.472 e. The topological polar surface area (TPSA) is 181 Å². The second-order valence-corrected chi connectivity index (χ2v) is 6.86. The molecule has 1 rings (SSSR count). The fraction of sp³-hybridized carbons (Fsp3) is 0.714. The molecule has 2 N–H and O–H groups in total. The molecular formula is C14H21O13P. The summed E-state index contributed by atoms with van der Waals surface area (Å²) in [7, 11) is -5.16. The minimum atomic E-state index is -5.16. The van der Waals surface area contributed by atoms with Gasteiger partial charge in [-0.1, -0.05) is 0 Å². The second kappa shape index (κ2) is 9.94. The SMILES string of the molecule is CC(=O)OC[C@H]1O[C@H](OP(=O)(O)O)[C@@H](OC(C)=O)[C@@H](OC(C)=O)[C@H]1OC(C)=O. The van der Waals surface area contributed by atoms with Crippen LogP contribution >= 0.6 is 7.82 Å². The Morgan fingerprint density at radius 2 is 1.29 bits per heavy atom. The molecule has 1 saturated heterocycles. The van der Waals surface area contributed by atoms with Crippen LogP contribution in [0.1, 0.15) is 27.7 Å². The van der Waals surface area contributed by atoms with Crippen molar-refractivity contribution in [2.75, 3.05) is 6.61 Å². The third-order valence-corrected chi connectivity index (χ3v) is 3.67. The number of esters is 4. The molecule has 28 heavy (non-hydrogen) atoms. The van der Waals surface area contributed by atoms with E-state index in [-0.39, 0.29) is 0 Å². The van der Waals surface area contributed by atoms with E-state index in [0.717, 1.165) is 27.7 Å². The first-order valence-electron chi connectivity index (χ1n) is 7.84. The normalized spacial score (nSPS) is 27.4. The third-order valence-electron chi connectivity index (χ3n) is 3.19. The van der Waals surface area contributed by atoms with Gasteiger partial charge in [0.1, 0.15) is 12.7 Å². The monoisotopic (exact) mass is 428 g/mol. The Bertz CT molecular complexity index is 656. The Morgan fingerprint density at radius 3 is 1.71 bits per heavy atom.